The van der Waals surface area contributed by atoms with Crippen LogP contribution in [0.2, 0.25) is 19.6 Å². The van der Waals surface area contributed by atoms with Gasteiger partial charge < -0.3 is 0 Å². The van der Waals surface area contributed by atoms with E-state index in [1.165, 1.54) is 85.2 Å². The Hall–Kier alpha value is -7.77. The molecule has 0 N–H and O–H groups in total. The van der Waals surface area contributed by atoms with Crippen LogP contribution in [0, 0.1) is 13.8 Å². The summed E-state index contributed by atoms with van der Waals surface area (Å²) in [5.74, 6) is 0. The standard InChI is InChI=1S/C37H32P2Si.2C26H24PSi.2Cu/c1-40(36-28-16-14-26-34(36)38(30-18-6-2-7-19-30)31-20-8-3-9-21-31)37-29-17-15-27-35(37)39(32-22-10-4-11-23-32)33-24-12-5-13-25-33;2*1-21-13-9-11-19-25(21)28(2)26-20-12-10-18-24(26)27(22-14-5-3-6-15-22)23-16-7-4-8-17-23;;/h2-29,40H,1H3;2*3-20,28H,1H2,2H3;;/q;2*-1;;+2/p+2. The van der Waals surface area contributed by atoms with E-state index >= 15 is 0 Å². The molecule has 14 aromatic carbocycles. The van der Waals surface area contributed by atoms with Gasteiger partial charge in [0.15, 0.2) is 0 Å². The van der Waals surface area contributed by atoms with Crippen molar-refractivity contribution in [1.82, 2.24) is 0 Å². The molecule has 0 aliphatic carbocycles. The van der Waals surface area contributed by atoms with Crippen LogP contribution in [0.3, 0.4) is 0 Å². The minimum absolute atomic E-state index is 0. The van der Waals surface area contributed by atoms with Gasteiger partial charge in [0.25, 0.3) is 0 Å². The first-order valence-electron chi connectivity index (χ1n) is 33.3. The minimum Gasteiger partial charge on any atom is -0.199 e. The van der Waals surface area contributed by atoms with E-state index in [2.05, 4.69) is 422 Å². The van der Waals surface area contributed by atoms with Gasteiger partial charge in [0.2, 0.25) is 0 Å². The predicted octanol–water partition coefficient (Wildman–Crippen LogP) is 11.8. The van der Waals surface area contributed by atoms with Crippen LogP contribution in [-0.2, 0) is 34.1 Å². The number of rotatable bonds is 18. The van der Waals surface area contributed by atoms with Crippen LogP contribution in [0.5, 0.6) is 0 Å². The Morgan fingerprint density at radius 3 is 0.684 bits per heavy atom. The second-order valence-corrected chi connectivity index (χ2v) is 41.4. The van der Waals surface area contributed by atoms with E-state index in [-0.39, 0.29) is 34.1 Å². The number of benzene rings is 14. The zero-order chi connectivity index (χ0) is 65.8. The quantitative estimate of drug-likeness (QED) is 0.0456. The van der Waals surface area contributed by atoms with Crippen LogP contribution in [0.4, 0.5) is 0 Å². The monoisotopic (exact) mass is 1480 g/mol. The largest absolute Gasteiger partial charge is 2.00 e. The van der Waals surface area contributed by atoms with E-state index in [4.69, 9.17) is 0 Å². The Bertz CT molecular complexity index is 4240. The molecule has 2 unspecified atom stereocenters. The maximum atomic E-state index is 4.30. The number of hydrogen-bond acceptors (Lipinski definition) is 0. The van der Waals surface area contributed by atoms with Crippen LogP contribution >= 0.6 is 31.7 Å². The zero-order valence-corrected chi connectivity index (χ0v) is 64.7. The molecule has 0 saturated carbocycles. The molecule has 0 aliphatic rings. The van der Waals surface area contributed by atoms with Crippen molar-refractivity contribution < 1.29 is 34.1 Å². The third-order valence-electron chi connectivity index (χ3n) is 18.0. The van der Waals surface area contributed by atoms with Crippen molar-refractivity contribution in [2.24, 2.45) is 0 Å². The Morgan fingerprint density at radius 2 is 0.418 bits per heavy atom. The maximum absolute atomic E-state index is 4.30. The predicted molar refractivity (Wildman–Crippen MR) is 442 cm³/mol. The SMILES string of the molecule is C[SiH](c1ccccc1P(c1ccccc1)c1ccccc1)c1ccccc1P(c1ccccc1)c1ccccc1.[CH2-]c1ccccc1[SiH](C)c1ccccc1[PH+](c1ccccc1)c1ccccc1.[CH2-]c1ccccc1[SiH](C)c1ccccc1[PH+](c1ccccc1)c1ccccc1.[Cu+2].[Cu]. The Labute approximate surface area is 614 Å². The molecule has 0 bridgehead atoms. The molecule has 0 saturated heterocycles. The van der Waals surface area contributed by atoms with E-state index in [0.29, 0.717) is 0 Å². The first-order chi connectivity index (χ1) is 47.3. The van der Waals surface area contributed by atoms with Gasteiger partial charge in [-0.2, -0.15) is 47.5 Å². The van der Waals surface area contributed by atoms with Crippen molar-refractivity contribution >= 4 is 153 Å². The summed E-state index contributed by atoms with van der Waals surface area (Å²) < 4.78 is 0. The number of hydrogen-bond donors (Lipinski definition) is 0. The second-order valence-electron chi connectivity index (χ2n) is 24.1. The molecule has 2 radical (unpaired) electrons. The fourth-order valence-corrected chi connectivity index (χ4v) is 34.3. The molecule has 0 aromatic heterocycles. The van der Waals surface area contributed by atoms with Gasteiger partial charge in [-0.15, -0.1) is 24.3 Å². The normalized spacial score (nSPS) is 11.5. The second kappa shape index (κ2) is 36.9. The Kier molecular flexibility index (Phi) is 27.5. The van der Waals surface area contributed by atoms with Gasteiger partial charge in [-0.1, -0.05) is 311 Å². The van der Waals surface area contributed by atoms with Crippen molar-refractivity contribution in [2.45, 2.75) is 19.6 Å². The Morgan fingerprint density at radius 1 is 0.224 bits per heavy atom. The molecule has 14 aromatic rings. The molecular formula is C89H82Cu2P4Si3+2. The van der Waals surface area contributed by atoms with Gasteiger partial charge in [-0.25, -0.2) is 0 Å². The molecule has 98 heavy (non-hydrogen) atoms. The smallest absolute Gasteiger partial charge is 0.199 e. The average Bonchev–Trinajstić information content (AvgIpc) is 0.804. The van der Waals surface area contributed by atoms with Crippen molar-refractivity contribution in [3.63, 3.8) is 0 Å². The van der Waals surface area contributed by atoms with Crippen LogP contribution in [0.25, 0.3) is 0 Å². The van der Waals surface area contributed by atoms with Gasteiger partial charge in [-0.3, -0.25) is 0 Å². The van der Waals surface area contributed by atoms with Crippen LogP contribution in [0.15, 0.2) is 388 Å². The van der Waals surface area contributed by atoms with Crippen LogP contribution < -0.4 is 94.8 Å². The average molecular weight is 1490 g/mol. The van der Waals surface area contributed by atoms with E-state index in [0.717, 1.165) is 0 Å². The summed E-state index contributed by atoms with van der Waals surface area (Å²) in [6.45, 7) is 16.0. The summed E-state index contributed by atoms with van der Waals surface area (Å²) >= 11 is 0. The molecule has 14 rings (SSSR count). The third-order valence-corrected chi connectivity index (χ3v) is 38.5. The molecular weight excluding hydrogens is 1400 g/mol. The molecule has 0 amide bonds. The molecule has 0 fully saturated rings. The fraction of sp³-hybridized carbons (Fsp3) is 0.0337. The van der Waals surface area contributed by atoms with Gasteiger partial charge in [0.1, 0.15) is 40.6 Å². The molecule has 2 atom stereocenters. The summed E-state index contributed by atoms with van der Waals surface area (Å²) in [5, 5.41) is 26.5. The van der Waals surface area contributed by atoms with Crippen molar-refractivity contribution in [3.8, 4) is 0 Å². The molecule has 0 heterocycles. The van der Waals surface area contributed by atoms with Crippen LogP contribution in [0.1, 0.15) is 11.1 Å². The van der Waals surface area contributed by atoms with Crippen LogP contribution in [-0.4, -0.2) is 26.4 Å². The summed E-state index contributed by atoms with van der Waals surface area (Å²) in [5.41, 5.74) is 2.34. The summed E-state index contributed by atoms with van der Waals surface area (Å²) in [4.78, 5) is 0. The Balaban J connectivity index is 0.000000162. The molecule has 0 spiro atoms. The summed E-state index contributed by atoms with van der Waals surface area (Å²) in [6.07, 6.45) is 0. The van der Waals surface area contributed by atoms with Crippen molar-refractivity contribution in [1.29, 1.82) is 0 Å². The first kappa shape index (κ1) is 73.0. The van der Waals surface area contributed by atoms with E-state index in [1.807, 2.05) is 0 Å². The van der Waals surface area contributed by atoms with E-state index < -0.39 is 58.1 Å². The van der Waals surface area contributed by atoms with E-state index in [9.17, 15) is 0 Å². The first-order valence-corrected chi connectivity index (χ1v) is 45.9. The summed E-state index contributed by atoms with van der Waals surface area (Å²) in [6, 6.07) is 143. The molecule has 9 heteroatoms. The topological polar surface area (TPSA) is 0 Å². The molecule has 0 nitrogen and oxygen atoms in total. The van der Waals surface area contributed by atoms with Gasteiger partial charge >= 0.3 is 17.1 Å². The maximum Gasteiger partial charge on any atom is 2.00 e. The van der Waals surface area contributed by atoms with Crippen molar-refractivity contribution in [3.05, 3.63) is 413 Å². The van der Waals surface area contributed by atoms with Gasteiger partial charge in [0.05, 0.1) is 15.8 Å². The third kappa shape index (κ3) is 17.8. The van der Waals surface area contributed by atoms with Gasteiger partial charge in [-0.05, 0) is 129 Å². The minimum atomic E-state index is -1.57. The van der Waals surface area contributed by atoms with Gasteiger partial charge in [0, 0.05) is 34.7 Å². The molecule has 490 valence electrons. The van der Waals surface area contributed by atoms with E-state index in [1.54, 1.807) is 20.7 Å². The molecule has 0 aliphatic heterocycles. The van der Waals surface area contributed by atoms with Crippen molar-refractivity contribution in [2.75, 3.05) is 0 Å². The summed E-state index contributed by atoms with van der Waals surface area (Å²) in [7, 11) is -7.69. The zero-order valence-electron chi connectivity index (χ0n) is 55.6. The fourth-order valence-electron chi connectivity index (χ4n) is 13.3.